The molecule has 0 saturated heterocycles. The molecule has 2 nitrogen and oxygen atoms in total. The molecule has 0 radical (unpaired) electrons. The predicted octanol–water partition coefficient (Wildman–Crippen LogP) is 4.52. The molecule has 2 aromatic rings. The van der Waals surface area contributed by atoms with Gasteiger partial charge in [0.05, 0.1) is 5.56 Å². The van der Waals surface area contributed by atoms with Crippen LogP contribution in [-0.4, -0.2) is 0 Å². The van der Waals surface area contributed by atoms with Gasteiger partial charge in [0, 0.05) is 6.54 Å². The average Bonchev–Trinajstić information content (AvgIpc) is 2.46. The molecule has 0 aliphatic carbocycles. The van der Waals surface area contributed by atoms with Crippen LogP contribution in [0.25, 0.3) is 0 Å². The van der Waals surface area contributed by atoms with Crippen molar-refractivity contribution in [3.63, 3.8) is 0 Å². The van der Waals surface area contributed by atoms with Crippen molar-refractivity contribution in [1.82, 2.24) is 0 Å². The van der Waals surface area contributed by atoms with E-state index in [1.165, 1.54) is 12.1 Å². The highest BCUT2D eigenvalue weighted by atomic mass is 19.4. The maximum Gasteiger partial charge on any atom is 0.419 e. The summed E-state index contributed by atoms with van der Waals surface area (Å²) in [7, 11) is 0. The van der Waals surface area contributed by atoms with E-state index < -0.39 is 11.7 Å². The van der Waals surface area contributed by atoms with E-state index in [1.54, 1.807) is 18.2 Å². The monoisotopic (exact) mass is 295 g/mol. The van der Waals surface area contributed by atoms with Gasteiger partial charge in [0.2, 0.25) is 0 Å². The van der Waals surface area contributed by atoms with Crippen molar-refractivity contribution in [3.05, 3.63) is 59.2 Å². The maximum absolute atomic E-state index is 13.1. The third kappa shape index (κ3) is 3.76. The summed E-state index contributed by atoms with van der Waals surface area (Å²) in [5.41, 5.74) is 6.00. The minimum Gasteiger partial charge on any atom is -0.457 e. The van der Waals surface area contributed by atoms with Gasteiger partial charge < -0.3 is 10.5 Å². The zero-order chi connectivity index (χ0) is 15.5. The third-order valence-corrected chi connectivity index (χ3v) is 3.12. The number of benzene rings is 2. The van der Waals surface area contributed by atoms with Crippen molar-refractivity contribution in [3.8, 4) is 11.5 Å². The Morgan fingerprint density at radius 2 is 1.81 bits per heavy atom. The van der Waals surface area contributed by atoms with E-state index in [4.69, 9.17) is 10.5 Å². The van der Waals surface area contributed by atoms with Gasteiger partial charge in [0.15, 0.2) is 0 Å². The summed E-state index contributed by atoms with van der Waals surface area (Å²) in [6.07, 6.45) is -3.70. The maximum atomic E-state index is 13.1. The number of nitrogens with two attached hydrogens (primary N) is 1. The number of aryl methyl sites for hydroxylation is 1. The lowest BCUT2D eigenvalue weighted by Gasteiger charge is -2.15. The standard InChI is InChI=1S/C16H16F3NO/c1-2-11-4-3-5-13(8-11)21-15-7-6-12(10-20)9-14(15)16(17,18)19/h3-9H,2,10,20H2,1H3. The van der Waals surface area contributed by atoms with Crippen LogP contribution in [0.15, 0.2) is 42.5 Å². The Labute approximate surface area is 121 Å². The fourth-order valence-electron chi connectivity index (χ4n) is 1.97. The third-order valence-electron chi connectivity index (χ3n) is 3.12. The second-order valence-corrected chi connectivity index (χ2v) is 4.64. The number of rotatable bonds is 4. The highest BCUT2D eigenvalue weighted by Crippen LogP contribution is 2.38. The van der Waals surface area contributed by atoms with Crippen LogP contribution in [0.1, 0.15) is 23.6 Å². The fourth-order valence-corrected chi connectivity index (χ4v) is 1.97. The Balaban J connectivity index is 2.39. The predicted molar refractivity (Wildman–Crippen MR) is 75.2 cm³/mol. The molecule has 2 aromatic carbocycles. The SMILES string of the molecule is CCc1cccc(Oc2ccc(CN)cc2C(F)(F)F)c1. The van der Waals surface area contributed by atoms with Crippen molar-refractivity contribution < 1.29 is 17.9 Å². The Bertz CT molecular complexity index is 623. The molecule has 0 spiro atoms. The molecule has 2 N–H and O–H groups in total. The highest BCUT2D eigenvalue weighted by molar-refractivity contribution is 5.42. The minimum absolute atomic E-state index is 0.0503. The molecule has 21 heavy (non-hydrogen) atoms. The Hall–Kier alpha value is -2.01. The second-order valence-electron chi connectivity index (χ2n) is 4.64. The van der Waals surface area contributed by atoms with Crippen LogP contribution in [0.5, 0.6) is 11.5 Å². The van der Waals surface area contributed by atoms with E-state index in [0.29, 0.717) is 11.3 Å². The van der Waals surface area contributed by atoms with Gasteiger partial charge in [-0.2, -0.15) is 13.2 Å². The van der Waals surface area contributed by atoms with Crippen LogP contribution >= 0.6 is 0 Å². The van der Waals surface area contributed by atoms with Gasteiger partial charge in [-0.1, -0.05) is 25.1 Å². The molecule has 0 aromatic heterocycles. The summed E-state index contributed by atoms with van der Waals surface area (Å²) < 4.78 is 44.7. The highest BCUT2D eigenvalue weighted by Gasteiger charge is 2.34. The Morgan fingerprint density at radius 3 is 2.43 bits per heavy atom. The van der Waals surface area contributed by atoms with Crippen molar-refractivity contribution in [1.29, 1.82) is 0 Å². The van der Waals surface area contributed by atoms with E-state index in [2.05, 4.69) is 0 Å². The molecule has 0 bridgehead atoms. The lowest BCUT2D eigenvalue weighted by Crippen LogP contribution is -2.09. The zero-order valence-electron chi connectivity index (χ0n) is 11.6. The van der Waals surface area contributed by atoms with Gasteiger partial charge in [-0.05, 0) is 41.8 Å². The summed E-state index contributed by atoms with van der Waals surface area (Å²) in [5, 5.41) is 0. The minimum atomic E-state index is -4.48. The number of hydrogen-bond acceptors (Lipinski definition) is 2. The molecular formula is C16H16F3NO. The molecule has 5 heteroatoms. The van der Waals surface area contributed by atoms with Gasteiger partial charge >= 0.3 is 6.18 Å². The molecule has 0 atom stereocenters. The lowest BCUT2D eigenvalue weighted by molar-refractivity contribution is -0.138. The Kier molecular flexibility index (Phi) is 4.53. The van der Waals surface area contributed by atoms with Crippen molar-refractivity contribution in [2.75, 3.05) is 0 Å². The molecular weight excluding hydrogens is 279 g/mol. The van der Waals surface area contributed by atoms with Crippen molar-refractivity contribution >= 4 is 0 Å². The number of alkyl halides is 3. The van der Waals surface area contributed by atoms with Crippen LogP contribution in [0.4, 0.5) is 13.2 Å². The van der Waals surface area contributed by atoms with E-state index in [0.717, 1.165) is 18.1 Å². The van der Waals surface area contributed by atoms with Gasteiger partial charge in [-0.3, -0.25) is 0 Å². The smallest absolute Gasteiger partial charge is 0.419 e. The number of hydrogen-bond donors (Lipinski definition) is 1. The van der Waals surface area contributed by atoms with Crippen molar-refractivity contribution in [2.24, 2.45) is 5.73 Å². The van der Waals surface area contributed by atoms with E-state index in [1.807, 2.05) is 13.0 Å². The van der Waals surface area contributed by atoms with Crippen LogP contribution in [-0.2, 0) is 19.1 Å². The molecule has 0 heterocycles. The number of ether oxygens (including phenoxy) is 1. The first kappa shape index (κ1) is 15.4. The molecule has 0 aliphatic rings. The van der Waals surface area contributed by atoms with Gasteiger partial charge in [0.25, 0.3) is 0 Å². The molecule has 112 valence electrons. The van der Waals surface area contributed by atoms with Gasteiger partial charge in [-0.15, -0.1) is 0 Å². The molecule has 0 amide bonds. The van der Waals surface area contributed by atoms with E-state index >= 15 is 0 Å². The van der Waals surface area contributed by atoms with E-state index in [9.17, 15) is 13.2 Å². The molecule has 0 fully saturated rings. The van der Waals surface area contributed by atoms with Gasteiger partial charge in [-0.25, -0.2) is 0 Å². The first-order valence-corrected chi connectivity index (χ1v) is 6.61. The topological polar surface area (TPSA) is 35.2 Å². The zero-order valence-corrected chi connectivity index (χ0v) is 11.6. The Morgan fingerprint density at radius 1 is 1.05 bits per heavy atom. The largest absolute Gasteiger partial charge is 0.457 e. The van der Waals surface area contributed by atoms with E-state index in [-0.39, 0.29) is 12.3 Å². The summed E-state index contributed by atoms with van der Waals surface area (Å²) >= 11 is 0. The van der Waals surface area contributed by atoms with Crippen LogP contribution in [0, 0.1) is 0 Å². The summed E-state index contributed by atoms with van der Waals surface area (Å²) in [5.74, 6) is 0.174. The van der Waals surface area contributed by atoms with Crippen LogP contribution < -0.4 is 10.5 Å². The molecule has 0 aliphatic heterocycles. The number of halogens is 3. The molecule has 0 saturated carbocycles. The average molecular weight is 295 g/mol. The summed E-state index contributed by atoms with van der Waals surface area (Å²) in [6.45, 7) is 2.02. The summed E-state index contributed by atoms with van der Waals surface area (Å²) in [4.78, 5) is 0. The van der Waals surface area contributed by atoms with Crippen LogP contribution in [0.2, 0.25) is 0 Å². The normalized spacial score (nSPS) is 11.5. The summed E-state index contributed by atoms with van der Waals surface area (Å²) in [6, 6.07) is 10.9. The molecule has 0 unspecified atom stereocenters. The quantitative estimate of drug-likeness (QED) is 0.900. The first-order chi connectivity index (χ1) is 9.94. The fraction of sp³-hybridized carbons (Fsp3) is 0.250. The van der Waals surface area contributed by atoms with Gasteiger partial charge in [0.1, 0.15) is 11.5 Å². The first-order valence-electron chi connectivity index (χ1n) is 6.61. The molecule has 2 rings (SSSR count). The van der Waals surface area contributed by atoms with Crippen molar-refractivity contribution in [2.45, 2.75) is 26.1 Å². The lowest BCUT2D eigenvalue weighted by atomic mass is 10.1. The van der Waals surface area contributed by atoms with Crippen LogP contribution in [0.3, 0.4) is 0 Å². The second kappa shape index (κ2) is 6.18.